The number of hydrogen-bond donors (Lipinski definition) is 0. The molecule has 0 atom stereocenters. The van der Waals surface area contributed by atoms with Crippen LogP contribution in [0, 0.1) is 0 Å². The molecule has 2 fully saturated rings. The van der Waals surface area contributed by atoms with E-state index in [1.165, 1.54) is 4.31 Å². The number of hydrogen-bond acceptors (Lipinski definition) is 8. The maximum absolute atomic E-state index is 13.1. The summed E-state index contributed by atoms with van der Waals surface area (Å²) < 4.78 is 46.3. The molecule has 2 aromatic carbocycles. The average molecular weight is 573 g/mol. The summed E-state index contributed by atoms with van der Waals surface area (Å²) in [5.74, 6) is 0.828. The molecular formula is C28H36N4O5S2. The van der Waals surface area contributed by atoms with Gasteiger partial charge in [0, 0.05) is 44.6 Å². The monoisotopic (exact) mass is 572 g/mol. The minimum absolute atomic E-state index is 0.307. The Morgan fingerprint density at radius 3 is 2.23 bits per heavy atom. The van der Waals surface area contributed by atoms with E-state index in [0.29, 0.717) is 37.8 Å². The zero-order valence-electron chi connectivity index (χ0n) is 22.3. The van der Waals surface area contributed by atoms with E-state index in [2.05, 4.69) is 14.8 Å². The van der Waals surface area contributed by atoms with Gasteiger partial charge in [0.1, 0.15) is 5.75 Å². The molecule has 5 rings (SSSR count). The molecule has 2 saturated heterocycles. The Kier molecular flexibility index (Phi) is 9.49. The van der Waals surface area contributed by atoms with Gasteiger partial charge in [-0.15, -0.1) is 11.3 Å². The second-order valence-electron chi connectivity index (χ2n) is 9.44. The number of ether oxygens (including phenoxy) is 3. The maximum Gasteiger partial charge on any atom is 0.243 e. The second-order valence-corrected chi connectivity index (χ2v) is 12.2. The molecule has 2 aliphatic heterocycles. The van der Waals surface area contributed by atoms with Crippen LogP contribution in [-0.4, -0.2) is 87.9 Å². The average Bonchev–Trinajstić information content (AvgIpc) is 3.37. The van der Waals surface area contributed by atoms with Gasteiger partial charge in [0.2, 0.25) is 10.0 Å². The van der Waals surface area contributed by atoms with Gasteiger partial charge in [-0.05, 0) is 55.3 Å². The van der Waals surface area contributed by atoms with E-state index in [1.807, 2.05) is 43.3 Å². The van der Waals surface area contributed by atoms with Crippen LogP contribution in [-0.2, 0) is 26.0 Å². The molecule has 2 aliphatic rings. The molecule has 0 aliphatic carbocycles. The van der Waals surface area contributed by atoms with E-state index in [-0.39, 0.29) is 0 Å². The number of aromatic nitrogens is 1. The maximum atomic E-state index is 13.1. The predicted octanol–water partition coefficient (Wildman–Crippen LogP) is 3.59. The Labute approximate surface area is 234 Å². The standard InChI is InChI=1S/C28H36N4O5S2/c1-2-37-25-8-6-24(7-9-25)29-28-32(13-3-12-30-14-18-35-19-15-30)27(22-38-28)23-4-10-26(11-5-23)39(33,34)31-16-20-36-21-17-31/h4-11,22H,2-3,12-21H2,1H3. The van der Waals surface area contributed by atoms with Crippen LogP contribution >= 0.6 is 11.3 Å². The highest BCUT2D eigenvalue weighted by atomic mass is 32.2. The Hall–Kier alpha value is -2.54. The SMILES string of the molecule is CCOc1ccc(N=c2scc(-c3ccc(S(=O)(=O)N4CCOCC4)cc3)n2CCCN2CCOCC2)cc1. The molecule has 9 nitrogen and oxygen atoms in total. The van der Waals surface area contributed by atoms with Crippen LogP contribution in [0.1, 0.15) is 13.3 Å². The van der Waals surface area contributed by atoms with E-state index in [0.717, 1.165) is 73.3 Å². The van der Waals surface area contributed by atoms with E-state index in [4.69, 9.17) is 19.2 Å². The van der Waals surface area contributed by atoms with Gasteiger partial charge in [0.05, 0.1) is 49.3 Å². The fourth-order valence-electron chi connectivity index (χ4n) is 4.77. The fourth-order valence-corrected chi connectivity index (χ4v) is 7.13. The third-order valence-corrected chi connectivity index (χ3v) is 9.66. The van der Waals surface area contributed by atoms with Crippen molar-refractivity contribution in [2.75, 3.05) is 65.8 Å². The zero-order valence-corrected chi connectivity index (χ0v) is 24.0. The second kappa shape index (κ2) is 13.2. The summed E-state index contributed by atoms with van der Waals surface area (Å²) in [4.78, 5) is 8.60. The van der Waals surface area contributed by atoms with Crippen LogP contribution in [0.3, 0.4) is 0 Å². The highest BCUT2D eigenvalue weighted by molar-refractivity contribution is 7.89. The topological polar surface area (TPSA) is 85.6 Å². The quantitative estimate of drug-likeness (QED) is 0.369. The zero-order chi connectivity index (χ0) is 27.1. The Morgan fingerprint density at radius 1 is 0.897 bits per heavy atom. The number of thiazole rings is 1. The molecule has 0 bridgehead atoms. The lowest BCUT2D eigenvalue weighted by atomic mass is 10.2. The number of rotatable bonds is 10. The lowest BCUT2D eigenvalue weighted by molar-refractivity contribution is 0.0369. The summed E-state index contributed by atoms with van der Waals surface area (Å²) >= 11 is 1.59. The highest BCUT2D eigenvalue weighted by Gasteiger charge is 2.26. The predicted molar refractivity (Wildman–Crippen MR) is 152 cm³/mol. The van der Waals surface area contributed by atoms with E-state index < -0.39 is 10.0 Å². The molecule has 210 valence electrons. The van der Waals surface area contributed by atoms with Gasteiger partial charge in [-0.1, -0.05) is 12.1 Å². The summed E-state index contributed by atoms with van der Waals surface area (Å²) in [5, 5.41) is 2.10. The molecule has 0 amide bonds. The van der Waals surface area contributed by atoms with Gasteiger partial charge in [-0.3, -0.25) is 4.90 Å². The van der Waals surface area contributed by atoms with Crippen LogP contribution in [0.15, 0.2) is 63.8 Å². The lowest BCUT2D eigenvalue weighted by Gasteiger charge is -2.26. The van der Waals surface area contributed by atoms with Crippen LogP contribution in [0.4, 0.5) is 5.69 Å². The lowest BCUT2D eigenvalue weighted by Crippen LogP contribution is -2.40. The van der Waals surface area contributed by atoms with Gasteiger partial charge < -0.3 is 18.8 Å². The molecule has 0 spiro atoms. The largest absolute Gasteiger partial charge is 0.494 e. The fraction of sp³-hybridized carbons (Fsp3) is 0.464. The summed E-state index contributed by atoms with van der Waals surface area (Å²) in [6, 6.07) is 15.0. The van der Waals surface area contributed by atoms with Crippen LogP contribution in [0.5, 0.6) is 5.75 Å². The normalized spacial score (nSPS) is 17.9. The third kappa shape index (κ3) is 6.97. The summed E-state index contributed by atoms with van der Waals surface area (Å²) in [7, 11) is -3.54. The van der Waals surface area contributed by atoms with Gasteiger partial charge in [-0.25, -0.2) is 13.4 Å². The first kappa shape index (κ1) is 28.0. The van der Waals surface area contributed by atoms with E-state index in [1.54, 1.807) is 23.5 Å². The Balaban J connectivity index is 1.41. The number of morpholine rings is 2. The van der Waals surface area contributed by atoms with Gasteiger partial charge >= 0.3 is 0 Å². The van der Waals surface area contributed by atoms with E-state index >= 15 is 0 Å². The minimum atomic E-state index is -3.54. The molecular weight excluding hydrogens is 536 g/mol. The molecule has 3 aromatic rings. The molecule has 0 saturated carbocycles. The van der Waals surface area contributed by atoms with Crippen molar-refractivity contribution in [1.82, 2.24) is 13.8 Å². The molecule has 39 heavy (non-hydrogen) atoms. The van der Waals surface area contributed by atoms with Gasteiger partial charge in [0.25, 0.3) is 0 Å². The molecule has 0 unspecified atom stereocenters. The molecule has 11 heteroatoms. The first-order valence-electron chi connectivity index (χ1n) is 13.5. The van der Waals surface area contributed by atoms with Crippen molar-refractivity contribution in [3.05, 3.63) is 58.7 Å². The van der Waals surface area contributed by atoms with Crippen molar-refractivity contribution in [3.8, 4) is 17.0 Å². The van der Waals surface area contributed by atoms with Crippen molar-refractivity contribution >= 4 is 27.0 Å². The number of benzene rings is 2. The first-order valence-corrected chi connectivity index (χ1v) is 15.8. The smallest absolute Gasteiger partial charge is 0.243 e. The van der Waals surface area contributed by atoms with Crippen molar-refractivity contribution in [3.63, 3.8) is 0 Å². The highest BCUT2D eigenvalue weighted by Crippen LogP contribution is 2.25. The van der Waals surface area contributed by atoms with Crippen molar-refractivity contribution in [1.29, 1.82) is 0 Å². The van der Waals surface area contributed by atoms with Crippen LogP contribution in [0.2, 0.25) is 0 Å². The van der Waals surface area contributed by atoms with Crippen LogP contribution < -0.4 is 9.54 Å². The molecule has 1 aromatic heterocycles. The third-order valence-electron chi connectivity index (χ3n) is 6.89. The van der Waals surface area contributed by atoms with E-state index in [9.17, 15) is 8.42 Å². The van der Waals surface area contributed by atoms with Gasteiger partial charge in [-0.2, -0.15) is 4.31 Å². The number of sulfonamides is 1. The first-order chi connectivity index (χ1) is 19.0. The van der Waals surface area contributed by atoms with Crippen molar-refractivity contribution in [2.45, 2.75) is 24.8 Å². The van der Waals surface area contributed by atoms with Gasteiger partial charge in [0.15, 0.2) is 4.80 Å². The molecule has 0 N–H and O–H groups in total. The minimum Gasteiger partial charge on any atom is -0.494 e. The van der Waals surface area contributed by atoms with Crippen molar-refractivity contribution < 1.29 is 22.6 Å². The Morgan fingerprint density at radius 2 is 1.56 bits per heavy atom. The molecule has 0 radical (unpaired) electrons. The van der Waals surface area contributed by atoms with Crippen LogP contribution in [0.25, 0.3) is 11.3 Å². The summed E-state index contributed by atoms with van der Waals surface area (Å²) in [6.07, 6.45) is 0.976. The van der Waals surface area contributed by atoms with Crippen molar-refractivity contribution in [2.24, 2.45) is 4.99 Å². The summed E-state index contributed by atoms with van der Waals surface area (Å²) in [5.41, 5.74) is 2.86. The molecule has 3 heterocycles. The number of nitrogens with zero attached hydrogens (tertiary/aromatic N) is 4. The summed E-state index contributed by atoms with van der Waals surface area (Å²) in [6.45, 7) is 9.51. The Bertz CT molecular complexity index is 1370.